The van der Waals surface area contributed by atoms with E-state index in [-0.39, 0.29) is 43.7 Å². The van der Waals surface area contributed by atoms with Crippen molar-refractivity contribution in [3.63, 3.8) is 0 Å². The topological polar surface area (TPSA) is 197 Å². The fourth-order valence-electron chi connectivity index (χ4n) is 6.10. The number of phenolic OH excluding ortho intramolecular Hbond substituents is 1. The minimum atomic E-state index is -0.483. The van der Waals surface area contributed by atoms with Gasteiger partial charge in [0.2, 0.25) is 11.6 Å². The number of nitrogens with two attached hydrogens (primary N) is 1. The molecule has 5 aromatic carbocycles. The molecule has 1 aliphatic carbocycles. The summed E-state index contributed by atoms with van der Waals surface area (Å²) in [5, 5.41) is 47.0. The number of aliphatic hydroxyl groups is 3. The van der Waals surface area contributed by atoms with Crippen LogP contribution in [0.25, 0.3) is 27.5 Å². The fraction of sp³-hybridized carbons (Fsp3) is 0.238. The van der Waals surface area contributed by atoms with Crippen LogP contribution in [-0.4, -0.2) is 83.2 Å². The third-order valence-electron chi connectivity index (χ3n) is 8.65. The summed E-state index contributed by atoms with van der Waals surface area (Å²) < 4.78 is 0. The number of ketones is 2. The van der Waals surface area contributed by atoms with Crippen LogP contribution in [0.1, 0.15) is 42.3 Å². The standard InChI is InChI=1S/C20H20N2O3.C20H19NO3.C2H6O.ClH.H3NO/c1-2-22(11-12-23)15-9-7-14(8-10-15)18-13-19(21-25)20(24)17-6-4-3-5-16(17)18;1-2-21(11-12-22)15-9-7-14(8-10-15)18-13-19(23)20(24)17-6-4-3-5-16(17)18;1-2-3;;1-2/h3-10,13,23-24H,2,11-12H2,1H3;3-10,13,22H,2,11-12H2,1H3;3H,2H2,1H3;1H;2H,1H2. The van der Waals surface area contributed by atoms with Gasteiger partial charge in [-0.15, -0.1) is 17.3 Å². The number of Topliss-reactive ketones (excluding diaryl/α,β-unsaturated/α-hetero) is 1. The molecule has 0 saturated heterocycles. The van der Waals surface area contributed by atoms with Crippen molar-refractivity contribution < 1.29 is 35.2 Å². The second kappa shape index (κ2) is 23.3. The number of hydrogen-bond donors (Lipinski definition) is 6. The van der Waals surface area contributed by atoms with Crippen molar-refractivity contribution in [3.05, 3.63) is 131 Å². The Kier molecular flexibility index (Phi) is 19.4. The second-order valence-corrected chi connectivity index (χ2v) is 11.7. The molecule has 6 rings (SSSR count). The quantitative estimate of drug-likeness (QED) is 0.0465. The van der Waals surface area contributed by atoms with E-state index in [1.807, 2.05) is 92.7 Å². The number of nitroso groups, excluding NO2 is 1. The van der Waals surface area contributed by atoms with Crippen molar-refractivity contribution >= 4 is 57.4 Å². The summed E-state index contributed by atoms with van der Waals surface area (Å²) in [5.41, 5.74) is 6.77. The average molecular weight is 773 g/mol. The fourth-order valence-corrected chi connectivity index (χ4v) is 6.10. The molecule has 0 unspecified atom stereocenters. The molecular formula is C42H49ClN4O8. The number of phenols is 1. The molecule has 13 heteroatoms. The van der Waals surface area contributed by atoms with Gasteiger partial charge < -0.3 is 35.4 Å². The Hall–Kier alpha value is -5.47. The number of aliphatic hydroxyl groups excluding tert-OH is 3. The van der Waals surface area contributed by atoms with Crippen LogP contribution in [0.3, 0.4) is 0 Å². The number of nitrogens with zero attached hydrogens (tertiary/aromatic N) is 3. The third-order valence-corrected chi connectivity index (χ3v) is 8.65. The summed E-state index contributed by atoms with van der Waals surface area (Å²) in [6, 6.07) is 32.0. The first kappa shape index (κ1) is 45.7. The van der Waals surface area contributed by atoms with Gasteiger partial charge in [-0.2, -0.15) is 0 Å². The van der Waals surface area contributed by atoms with Crippen molar-refractivity contribution in [1.29, 1.82) is 0 Å². The number of hydrogen-bond acceptors (Lipinski definition) is 12. The van der Waals surface area contributed by atoms with E-state index in [4.69, 9.17) is 20.5 Å². The number of allylic oxidation sites excluding steroid dienone is 1. The number of carbonyl (C=O) groups is 2. The Morgan fingerprint density at radius 2 is 1.09 bits per heavy atom. The highest BCUT2D eigenvalue weighted by Crippen LogP contribution is 2.41. The minimum Gasteiger partial charge on any atom is -0.505 e. The summed E-state index contributed by atoms with van der Waals surface area (Å²) >= 11 is 0. The summed E-state index contributed by atoms with van der Waals surface area (Å²) in [5.74, 6) is 2.47. The number of aromatic hydroxyl groups is 1. The molecular weight excluding hydrogens is 724 g/mol. The van der Waals surface area contributed by atoms with Crippen molar-refractivity contribution in [3.8, 4) is 16.9 Å². The van der Waals surface area contributed by atoms with Gasteiger partial charge in [0.25, 0.3) is 0 Å². The van der Waals surface area contributed by atoms with Gasteiger partial charge in [0, 0.05) is 55.1 Å². The molecule has 0 saturated carbocycles. The van der Waals surface area contributed by atoms with Crippen molar-refractivity contribution in [2.45, 2.75) is 20.8 Å². The van der Waals surface area contributed by atoms with E-state index >= 15 is 0 Å². The van der Waals surface area contributed by atoms with Gasteiger partial charge in [-0.05, 0) is 95.6 Å². The molecule has 0 aliphatic heterocycles. The van der Waals surface area contributed by atoms with Crippen LogP contribution in [-0.2, 0) is 4.79 Å². The van der Waals surface area contributed by atoms with Gasteiger partial charge >= 0.3 is 0 Å². The number of rotatable bonds is 11. The Balaban J connectivity index is 0.000000335. The highest BCUT2D eigenvalue weighted by molar-refractivity contribution is 6.51. The van der Waals surface area contributed by atoms with E-state index < -0.39 is 11.6 Å². The Morgan fingerprint density at radius 3 is 1.56 bits per heavy atom. The van der Waals surface area contributed by atoms with Crippen LogP contribution in [0.4, 0.5) is 17.1 Å². The molecule has 0 fully saturated rings. The molecule has 55 heavy (non-hydrogen) atoms. The van der Waals surface area contributed by atoms with Gasteiger partial charge in [-0.1, -0.05) is 72.8 Å². The van der Waals surface area contributed by atoms with E-state index in [0.29, 0.717) is 24.0 Å². The van der Waals surface area contributed by atoms with Crippen molar-refractivity contribution in [2.75, 3.05) is 55.8 Å². The molecule has 0 atom stereocenters. The predicted octanol–water partition coefficient (Wildman–Crippen LogP) is 6.89. The van der Waals surface area contributed by atoms with Crippen LogP contribution < -0.4 is 15.7 Å². The van der Waals surface area contributed by atoms with Gasteiger partial charge in [0.15, 0.2) is 11.4 Å². The smallest absolute Gasteiger partial charge is 0.233 e. The Labute approximate surface area is 327 Å². The zero-order chi connectivity index (χ0) is 39.6. The summed E-state index contributed by atoms with van der Waals surface area (Å²) in [7, 11) is 0. The molecule has 0 bridgehead atoms. The third kappa shape index (κ3) is 11.3. The molecule has 1 aliphatic rings. The predicted molar refractivity (Wildman–Crippen MR) is 222 cm³/mol. The Bertz CT molecular complexity index is 2020. The molecule has 7 N–H and O–H groups in total. The lowest BCUT2D eigenvalue weighted by molar-refractivity contribution is -0.111. The summed E-state index contributed by atoms with van der Waals surface area (Å²) in [6.07, 6.45) is 1.42. The molecule has 292 valence electrons. The monoisotopic (exact) mass is 772 g/mol. The average Bonchev–Trinajstić information content (AvgIpc) is 3.22. The SMILES string of the molecule is CCN(CCO)c1ccc(-c2cc(N=O)c(O)c3ccccc23)cc1.CCN(CCO)c1ccc(C2=CC(=O)C(=O)c3ccccc32)cc1.CCO.Cl.NO. The van der Waals surface area contributed by atoms with E-state index in [1.165, 1.54) is 6.08 Å². The molecule has 0 heterocycles. The van der Waals surface area contributed by atoms with Gasteiger partial charge in [-0.25, -0.2) is 5.90 Å². The van der Waals surface area contributed by atoms with Crippen LogP contribution in [0.2, 0.25) is 0 Å². The van der Waals surface area contributed by atoms with Gasteiger partial charge in [0.1, 0.15) is 0 Å². The molecule has 12 nitrogen and oxygen atoms in total. The molecule has 0 spiro atoms. The lowest BCUT2D eigenvalue weighted by Gasteiger charge is -2.23. The first-order valence-corrected chi connectivity index (χ1v) is 17.5. The lowest BCUT2D eigenvalue weighted by Crippen LogP contribution is -2.26. The lowest BCUT2D eigenvalue weighted by atomic mass is 9.86. The highest BCUT2D eigenvalue weighted by atomic mass is 35.5. The van der Waals surface area contributed by atoms with Crippen LogP contribution in [0.15, 0.2) is 114 Å². The van der Waals surface area contributed by atoms with E-state index in [0.717, 1.165) is 57.7 Å². The number of benzene rings is 5. The van der Waals surface area contributed by atoms with Crippen molar-refractivity contribution in [1.82, 2.24) is 0 Å². The zero-order valence-electron chi connectivity index (χ0n) is 31.1. The number of anilines is 2. The van der Waals surface area contributed by atoms with Gasteiger partial charge in [0.05, 0.1) is 13.2 Å². The summed E-state index contributed by atoms with van der Waals surface area (Å²) in [4.78, 5) is 39.2. The number of halogens is 1. The molecule has 5 aromatic rings. The number of carbonyl (C=O) groups excluding carboxylic acids is 2. The number of likely N-dealkylation sites (N-methyl/N-ethyl adjacent to an activating group) is 2. The van der Waals surface area contributed by atoms with Crippen molar-refractivity contribution in [2.24, 2.45) is 11.1 Å². The molecule has 0 amide bonds. The maximum atomic E-state index is 12.0. The van der Waals surface area contributed by atoms with Crippen LogP contribution in [0.5, 0.6) is 5.75 Å². The zero-order valence-corrected chi connectivity index (χ0v) is 31.9. The molecule has 0 radical (unpaired) electrons. The normalized spacial score (nSPS) is 11.2. The molecule has 0 aromatic heterocycles. The second-order valence-electron chi connectivity index (χ2n) is 11.7. The van der Waals surface area contributed by atoms with E-state index in [2.05, 4.69) is 20.9 Å². The highest BCUT2D eigenvalue weighted by Gasteiger charge is 2.26. The van der Waals surface area contributed by atoms with Gasteiger partial charge in [-0.3, -0.25) is 9.59 Å². The number of fused-ring (bicyclic) bond motifs is 2. The maximum absolute atomic E-state index is 12.0. The van der Waals surface area contributed by atoms with E-state index in [1.54, 1.807) is 31.2 Å². The summed E-state index contributed by atoms with van der Waals surface area (Å²) in [6.45, 7) is 8.98. The first-order valence-electron chi connectivity index (χ1n) is 17.5. The largest absolute Gasteiger partial charge is 0.505 e. The van der Waals surface area contributed by atoms with E-state index in [9.17, 15) is 19.6 Å². The van der Waals surface area contributed by atoms with Crippen LogP contribution >= 0.6 is 12.4 Å². The minimum absolute atomic E-state index is 0. The van der Waals surface area contributed by atoms with Crippen LogP contribution in [0, 0.1) is 4.91 Å². The Morgan fingerprint density at radius 1 is 0.636 bits per heavy atom. The maximum Gasteiger partial charge on any atom is 0.233 e. The first-order chi connectivity index (χ1) is 26.3.